The first-order valence-corrected chi connectivity index (χ1v) is 4.28. The Balaban J connectivity index is 3.33. The number of nitrogens with two attached hydrogens (primary N) is 2. The summed E-state index contributed by atoms with van der Waals surface area (Å²) in [6, 6.07) is 3.08. The minimum atomic E-state index is -0.544. The Morgan fingerprint density at radius 1 is 1.54 bits per heavy atom. The van der Waals surface area contributed by atoms with E-state index in [0.29, 0.717) is 21.5 Å². The van der Waals surface area contributed by atoms with Gasteiger partial charge in [-0.1, -0.05) is 0 Å². The van der Waals surface area contributed by atoms with E-state index in [1.54, 1.807) is 6.07 Å². The molecule has 0 heterocycles. The maximum absolute atomic E-state index is 10.9. The van der Waals surface area contributed by atoms with Gasteiger partial charge < -0.3 is 16.2 Å². The molecule has 0 saturated carbocycles. The third-order valence-corrected chi connectivity index (χ3v) is 2.27. The highest BCUT2D eigenvalue weighted by atomic mass is 79.9. The minimum absolute atomic E-state index is 0.309. The van der Waals surface area contributed by atoms with Gasteiger partial charge in [0.25, 0.3) is 5.91 Å². The lowest BCUT2D eigenvalue weighted by Gasteiger charge is -2.07. The number of primary amides is 1. The number of nitrogen functional groups attached to an aromatic ring is 1. The fourth-order valence-electron chi connectivity index (χ4n) is 0.931. The summed E-state index contributed by atoms with van der Waals surface area (Å²) in [4.78, 5) is 10.9. The van der Waals surface area contributed by atoms with Gasteiger partial charge in [-0.3, -0.25) is 4.79 Å². The number of hydrogen-bond acceptors (Lipinski definition) is 3. The lowest BCUT2D eigenvalue weighted by molar-refractivity contribution is 0.0997. The van der Waals surface area contributed by atoms with E-state index in [-0.39, 0.29) is 0 Å². The number of halogens is 1. The maximum atomic E-state index is 10.9. The highest BCUT2D eigenvalue weighted by Crippen LogP contribution is 2.28. The Morgan fingerprint density at radius 3 is 2.62 bits per heavy atom. The second-order valence-corrected chi connectivity index (χ2v) is 3.29. The van der Waals surface area contributed by atoms with Crippen LogP contribution in [0.3, 0.4) is 0 Å². The molecular formula is C8H9BrN2O2. The zero-order chi connectivity index (χ0) is 10.0. The minimum Gasteiger partial charge on any atom is -0.496 e. The molecule has 0 aromatic heterocycles. The van der Waals surface area contributed by atoms with Gasteiger partial charge in [0.05, 0.1) is 12.7 Å². The second kappa shape index (κ2) is 3.66. The van der Waals surface area contributed by atoms with Gasteiger partial charge in [-0.2, -0.15) is 0 Å². The number of carbonyl (C=O) groups excluding carboxylic acids is 1. The summed E-state index contributed by atoms with van der Waals surface area (Å²) in [7, 11) is 1.45. The van der Waals surface area contributed by atoms with Crippen LogP contribution in [0.15, 0.2) is 16.6 Å². The zero-order valence-electron chi connectivity index (χ0n) is 7.00. The first-order chi connectivity index (χ1) is 6.06. The van der Waals surface area contributed by atoms with Gasteiger partial charge in [0.15, 0.2) is 0 Å². The first-order valence-electron chi connectivity index (χ1n) is 3.49. The normalized spacial score (nSPS) is 9.69. The molecule has 0 fully saturated rings. The molecular weight excluding hydrogens is 236 g/mol. The van der Waals surface area contributed by atoms with Crippen LogP contribution in [-0.4, -0.2) is 13.0 Å². The summed E-state index contributed by atoms with van der Waals surface area (Å²) in [5.41, 5.74) is 11.5. The van der Waals surface area contributed by atoms with Crippen LogP contribution in [0.5, 0.6) is 5.75 Å². The van der Waals surface area contributed by atoms with Crippen molar-refractivity contribution >= 4 is 27.5 Å². The number of ether oxygens (including phenoxy) is 1. The van der Waals surface area contributed by atoms with Crippen LogP contribution < -0.4 is 16.2 Å². The molecule has 13 heavy (non-hydrogen) atoms. The van der Waals surface area contributed by atoms with E-state index in [1.165, 1.54) is 13.2 Å². The van der Waals surface area contributed by atoms with E-state index in [4.69, 9.17) is 16.2 Å². The number of amides is 1. The summed E-state index contributed by atoms with van der Waals surface area (Å²) in [6.45, 7) is 0. The Bertz CT molecular complexity index is 352. The molecule has 0 saturated heterocycles. The lowest BCUT2D eigenvalue weighted by Crippen LogP contribution is -2.12. The van der Waals surface area contributed by atoms with Gasteiger partial charge in [0.2, 0.25) is 0 Å². The third kappa shape index (κ3) is 1.92. The van der Waals surface area contributed by atoms with Crippen molar-refractivity contribution in [3.8, 4) is 5.75 Å². The molecule has 1 amide bonds. The molecule has 1 rings (SSSR count). The van der Waals surface area contributed by atoms with Crippen LogP contribution in [-0.2, 0) is 0 Å². The third-order valence-electron chi connectivity index (χ3n) is 1.58. The number of benzene rings is 1. The van der Waals surface area contributed by atoms with Crippen LogP contribution in [0.25, 0.3) is 0 Å². The molecule has 0 spiro atoms. The van der Waals surface area contributed by atoms with E-state index >= 15 is 0 Å². The number of methoxy groups -OCH3 is 1. The summed E-state index contributed by atoms with van der Waals surface area (Å²) >= 11 is 3.19. The van der Waals surface area contributed by atoms with E-state index in [0.717, 1.165) is 0 Å². The molecule has 0 unspecified atom stereocenters. The van der Waals surface area contributed by atoms with Crippen LogP contribution in [0, 0.1) is 0 Å². The molecule has 4 nitrogen and oxygen atoms in total. The van der Waals surface area contributed by atoms with Crippen molar-refractivity contribution < 1.29 is 9.53 Å². The van der Waals surface area contributed by atoms with Crippen LogP contribution >= 0.6 is 15.9 Å². The van der Waals surface area contributed by atoms with Gasteiger partial charge in [-0.15, -0.1) is 0 Å². The standard InChI is InChI=1S/C8H9BrN2O2/c1-13-7-3-6(10)5(9)2-4(7)8(11)12/h2-3H,10H2,1H3,(H2,11,12). The van der Waals surface area contributed by atoms with Crippen LogP contribution in [0.1, 0.15) is 10.4 Å². The fourth-order valence-corrected chi connectivity index (χ4v) is 1.27. The number of anilines is 1. The Hall–Kier alpha value is -1.23. The Labute approximate surface area is 84.0 Å². The predicted octanol–water partition coefficient (Wildman–Crippen LogP) is 1.14. The largest absolute Gasteiger partial charge is 0.496 e. The van der Waals surface area contributed by atoms with Crippen molar-refractivity contribution in [1.29, 1.82) is 0 Å². The summed E-state index contributed by atoms with van der Waals surface area (Å²) in [6.07, 6.45) is 0. The lowest BCUT2D eigenvalue weighted by atomic mass is 10.2. The van der Waals surface area contributed by atoms with Gasteiger partial charge in [-0.05, 0) is 22.0 Å². The molecule has 4 N–H and O–H groups in total. The Kier molecular flexibility index (Phi) is 2.77. The highest BCUT2D eigenvalue weighted by Gasteiger charge is 2.11. The molecule has 1 aromatic carbocycles. The topological polar surface area (TPSA) is 78.3 Å². The van der Waals surface area contributed by atoms with E-state index in [9.17, 15) is 4.79 Å². The van der Waals surface area contributed by atoms with Crippen molar-refractivity contribution in [1.82, 2.24) is 0 Å². The summed E-state index contributed by atoms with van der Waals surface area (Å²) in [5.74, 6) is -0.161. The molecule has 0 aliphatic rings. The molecule has 0 aliphatic carbocycles. The zero-order valence-corrected chi connectivity index (χ0v) is 8.59. The van der Waals surface area contributed by atoms with Crippen molar-refractivity contribution in [2.45, 2.75) is 0 Å². The molecule has 0 bridgehead atoms. The molecule has 0 radical (unpaired) electrons. The van der Waals surface area contributed by atoms with E-state index < -0.39 is 5.91 Å². The summed E-state index contributed by atoms with van der Waals surface area (Å²) in [5, 5.41) is 0. The smallest absolute Gasteiger partial charge is 0.252 e. The first kappa shape index (κ1) is 9.85. The second-order valence-electron chi connectivity index (χ2n) is 2.44. The molecule has 1 aromatic rings. The predicted molar refractivity (Wildman–Crippen MR) is 53.6 cm³/mol. The number of rotatable bonds is 2. The SMILES string of the molecule is COc1cc(N)c(Br)cc1C(N)=O. The molecule has 70 valence electrons. The Morgan fingerprint density at radius 2 is 2.15 bits per heavy atom. The van der Waals surface area contributed by atoms with E-state index in [1.807, 2.05) is 0 Å². The van der Waals surface area contributed by atoms with Crippen molar-refractivity contribution in [3.05, 3.63) is 22.2 Å². The van der Waals surface area contributed by atoms with Gasteiger partial charge in [0.1, 0.15) is 5.75 Å². The van der Waals surface area contributed by atoms with Crippen molar-refractivity contribution in [2.75, 3.05) is 12.8 Å². The summed E-state index contributed by atoms with van der Waals surface area (Å²) < 4.78 is 5.57. The van der Waals surface area contributed by atoms with Crippen molar-refractivity contribution in [3.63, 3.8) is 0 Å². The molecule has 0 aliphatic heterocycles. The van der Waals surface area contributed by atoms with Gasteiger partial charge in [0, 0.05) is 16.2 Å². The van der Waals surface area contributed by atoms with E-state index in [2.05, 4.69) is 15.9 Å². The average molecular weight is 245 g/mol. The highest BCUT2D eigenvalue weighted by molar-refractivity contribution is 9.10. The van der Waals surface area contributed by atoms with Crippen LogP contribution in [0.2, 0.25) is 0 Å². The monoisotopic (exact) mass is 244 g/mol. The molecule has 0 atom stereocenters. The van der Waals surface area contributed by atoms with Crippen LogP contribution in [0.4, 0.5) is 5.69 Å². The van der Waals surface area contributed by atoms with Gasteiger partial charge >= 0.3 is 0 Å². The van der Waals surface area contributed by atoms with Crippen molar-refractivity contribution in [2.24, 2.45) is 5.73 Å². The maximum Gasteiger partial charge on any atom is 0.252 e. The average Bonchev–Trinajstić information content (AvgIpc) is 2.08. The van der Waals surface area contributed by atoms with Gasteiger partial charge in [-0.25, -0.2) is 0 Å². The molecule has 5 heteroatoms. The quantitative estimate of drug-likeness (QED) is 0.767. The fraction of sp³-hybridized carbons (Fsp3) is 0.125. The number of hydrogen-bond donors (Lipinski definition) is 2. The number of carbonyl (C=O) groups is 1.